The van der Waals surface area contributed by atoms with Crippen LogP contribution in [0.15, 0.2) is 48.5 Å². The summed E-state index contributed by atoms with van der Waals surface area (Å²) in [4.78, 5) is 0. The van der Waals surface area contributed by atoms with Gasteiger partial charge in [-0.15, -0.1) is 0 Å². The van der Waals surface area contributed by atoms with E-state index >= 15 is 0 Å². The Bertz CT molecular complexity index is 556. The average Bonchev–Trinajstić information content (AvgIpc) is 2.52. The molecule has 112 valence electrons. The Kier molecular flexibility index (Phi) is 5.76. The normalized spacial score (nSPS) is 12.1. The van der Waals surface area contributed by atoms with Gasteiger partial charge in [-0.05, 0) is 31.0 Å². The topological polar surface area (TPSA) is 21.3 Å². The lowest BCUT2D eigenvalue weighted by atomic mass is 9.98. The highest BCUT2D eigenvalue weighted by Gasteiger charge is 2.15. The van der Waals surface area contributed by atoms with E-state index in [4.69, 9.17) is 4.74 Å². The summed E-state index contributed by atoms with van der Waals surface area (Å²) in [5, 5.41) is 3.37. The summed E-state index contributed by atoms with van der Waals surface area (Å²) in [5.41, 5.74) is 1.97. The SMILES string of the molecule is CCNC(CCc1ccccc1)c1ccc(OC)cc1F. The fourth-order valence-electron chi connectivity index (χ4n) is 2.49. The fraction of sp³-hybridized carbons (Fsp3) is 0.333. The van der Waals surface area contributed by atoms with Crippen molar-refractivity contribution < 1.29 is 9.13 Å². The Balaban J connectivity index is 2.11. The molecule has 1 atom stereocenters. The van der Waals surface area contributed by atoms with E-state index in [1.165, 1.54) is 11.6 Å². The third-order valence-corrected chi connectivity index (χ3v) is 3.60. The number of ether oxygens (including phenoxy) is 1. The van der Waals surface area contributed by atoms with Gasteiger partial charge >= 0.3 is 0 Å². The Morgan fingerprint density at radius 3 is 2.52 bits per heavy atom. The molecule has 2 rings (SSSR count). The van der Waals surface area contributed by atoms with Crippen LogP contribution < -0.4 is 10.1 Å². The van der Waals surface area contributed by atoms with E-state index in [1.807, 2.05) is 37.3 Å². The van der Waals surface area contributed by atoms with Crippen LogP contribution >= 0.6 is 0 Å². The van der Waals surface area contributed by atoms with E-state index in [0.717, 1.165) is 19.4 Å². The van der Waals surface area contributed by atoms with Crippen molar-refractivity contribution in [3.05, 3.63) is 65.5 Å². The lowest BCUT2D eigenvalue weighted by Gasteiger charge is -2.19. The van der Waals surface area contributed by atoms with E-state index in [-0.39, 0.29) is 11.9 Å². The van der Waals surface area contributed by atoms with E-state index in [1.54, 1.807) is 7.11 Å². The lowest BCUT2D eigenvalue weighted by Crippen LogP contribution is -2.22. The Labute approximate surface area is 126 Å². The molecule has 0 radical (unpaired) electrons. The van der Waals surface area contributed by atoms with Crippen molar-refractivity contribution in [3.8, 4) is 5.75 Å². The number of benzene rings is 2. The molecule has 0 aromatic heterocycles. The van der Waals surface area contributed by atoms with Gasteiger partial charge in [0.25, 0.3) is 0 Å². The van der Waals surface area contributed by atoms with Crippen molar-refractivity contribution in [3.63, 3.8) is 0 Å². The highest BCUT2D eigenvalue weighted by atomic mass is 19.1. The number of methoxy groups -OCH3 is 1. The second kappa shape index (κ2) is 7.79. The van der Waals surface area contributed by atoms with Gasteiger partial charge < -0.3 is 10.1 Å². The van der Waals surface area contributed by atoms with Gasteiger partial charge in [-0.1, -0.05) is 43.3 Å². The molecule has 0 heterocycles. The fourth-order valence-corrected chi connectivity index (χ4v) is 2.49. The summed E-state index contributed by atoms with van der Waals surface area (Å²) in [7, 11) is 1.55. The standard InChI is InChI=1S/C18H22FNO/c1-3-20-18(12-9-14-7-5-4-6-8-14)16-11-10-15(21-2)13-17(16)19/h4-8,10-11,13,18,20H,3,9,12H2,1-2H3. The summed E-state index contributed by atoms with van der Waals surface area (Å²) in [6, 6.07) is 15.4. The predicted molar refractivity (Wildman–Crippen MR) is 84.1 cm³/mol. The summed E-state index contributed by atoms with van der Waals surface area (Å²) in [5.74, 6) is 0.336. The van der Waals surface area contributed by atoms with Gasteiger partial charge in [-0.2, -0.15) is 0 Å². The molecule has 2 aromatic rings. The number of nitrogens with one attached hydrogen (secondary N) is 1. The first-order chi connectivity index (χ1) is 10.2. The Hall–Kier alpha value is -1.87. The molecule has 0 saturated carbocycles. The van der Waals surface area contributed by atoms with Crippen LogP contribution in [0.5, 0.6) is 5.75 Å². The van der Waals surface area contributed by atoms with Crippen LogP contribution in [0.1, 0.15) is 30.5 Å². The summed E-state index contributed by atoms with van der Waals surface area (Å²) >= 11 is 0. The second-order valence-corrected chi connectivity index (χ2v) is 5.02. The third-order valence-electron chi connectivity index (χ3n) is 3.60. The number of aryl methyl sites for hydroxylation is 1. The molecule has 2 nitrogen and oxygen atoms in total. The van der Waals surface area contributed by atoms with Crippen molar-refractivity contribution >= 4 is 0 Å². The number of halogens is 1. The molecule has 0 bridgehead atoms. The molecule has 3 heteroatoms. The predicted octanol–water partition coefficient (Wildman–Crippen LogP) is 4.12. The number of rotatable bonds is 7. The Morgan fingerprint density at radius 2 is 1.90 bits per heavy atom. The molecule has 0 aliphatic carbocycles. The van der Waals surface area contributed by atoms with Gasteiger partial charge in [0.1, 0.15) is 11.6 Å². The zero-order valence-electron chi connectivity index (χ0n) is 12.6. The molecule has 0 spiro atoms. The van der Waals surface area contributed by atoms with E-state index in [2.05, 4.69) is 17.4 Å². The van der Waals surface area contributed by atoms with Crippen LogP contribution in [0.2, 0.25) is 0 Å². The second-order valence-electron chi connectivity index (χ2n) is 5.02. The highest BCUT2D eigenvalue weighted by Crippen LogP contribution is 2.25. The van der Waals surface area contributed by atoms with Crippen LogP contribution in [-0.2, 0) is 6.42 Å². The van der Waals surface area contributed by atoms with Gasteiger partial charge in [0, 0.05) is 17.7 Å². The van der Waals surface area contributed by atoms with Gasteiger partial charge in [-0.3, -0.25) is 0 Å². The maximum absolute atomic E-state index is 14.2. The lowest BCUT2D eigenvalue weighted by molar-refractivity contribution is 0.408. The zero-order chi connectivity index (χ0) is 15.1. The minimum absolute atomic E-state index is 0.0149. The molecular weight excluding hydrogens is 265 g/mol. The first-order valence-corrected chi connectivity index (χ1v) is 7.35. The minimum atomic E-state index is -0.214. The van der Waals surface area contributed by atoms with Crippen molar-refractivity contribution in [2.45, 2.75) is 25.8 Å². The quantitative estimate of drug-likeness (QED) is 0.827. The number of hydrogen-bond acceptors (Lipinski definition) is 2. The summed E-state index contributed by atoms with van der Waals surface area (Å²) < 4.78 is 19.3. The van der Waals surface area contributed by atoms with E-state index < -0.39 is 0 Å². The largest absolute Gasteiger partial charge is 0.497 e. The van der Waals surface area contributed by atoms with Crippen molar-refractivity contribution in [2.75, 3.05) is 13.7 Å². The summed E-state index contributed by atoms with van der Waals surface area (Å²) in [6.07, 6.45) is 1.78. The van der Waals surface area contributed by atoms with Crippen LogP contribution in [0.4, 0.5) is 4.39 Å². The monoisotopic (exact) mass is 287 g/mol. The van der Waals surface area contributed by atoms with Crippen LogP contribution in [-0.4, -0.2) is 13.7 Å². The molecule has 0 aliphatic heterocycles. The average molecular weight is 287 g/mol. The molecule has 0 saturated heterocycles. The highest BCUT2D eigenvalue weighted by molar-refractivity contribution is 5.31. The van der Waals surface area contributed by atoms with Crippen molar-refractivity contribution in [1.82, 2.24) is 5.32 Å². The van der Waals surface area contributed by atoms with Crippen molar-refractivity contribution in [2.24, 2.45) is 0 Å². The third kappa shape index (κ3) is 4.30. The van der Waals surface area contributed by atoms with Crippen molar-refractivity contribution in [1.29, 1.82) is 0 Å². The molecule has 2 aromatic carbocycles. The molecule has 21 heavy (non-hydrogen) atoms. The van der Waals surface area contributed by atoms with E-state index in [9.17, 15) is 4.39 Å². The van der Waals surface area contributed by atoms with Gasteiger partial charge in [0.2, 0.25) is 0 Å². The first-order valence-electron chi connectivity index (χ1n) is 7.35. The zero-order valence-corrected chi connectivity index (χ0v) is 12.6. The molecule has 1 unspecified atom stereocenters. The molecule has 0 amide bonds. The molecule has 0 fully saturated rings. The molecule has 0 aliphatic rings. The first kappa shape index (κ1) is 15.5. The van der Waals surface area contributed by atoms with Crippen LogP contribution in [0.25, 0.3) is 0 Å². The van der Waals surface area contributed by atoms with Gasteiger partial charge in [-0.25, -0.2) is 4.39 Å². The molecular formula is C18H22FNO. The molecule has 1 N–H and O–H groups in total. The maximum atomic E-state index is 14.2. The van der Waals surface area contributed by atoms with Crippen LogP contribution in [0, 0.1) is 5.82 Å². The number of hydrogen-bond donors (Lipinski definition) is 1. The smallest absolute Gasteiger partial charge is 0.131 e. The maximum Gasteiger partial charge on any atom is 0.131 e. The minimum Gasteiger partial charge on any atom is -0.497 e. The summed E-state index contributed by atoms with van der Waals surface area (Å²) in [6.45, 7) is 2.85. The van der Waals surface area contributed by atoms with Gasteiger partial charge in [0.05, 0.1) is 7.11 Å². The van der Waals surface area contributed by atoms with Crippen LogP contribution in [0.3, 0.4) is 0 Å². The Morgan fingerprint density at radius 1 is 1.14 bits per heavy atom. The van der Waals surface area contributed by atoms with Gasteiger partial charge in [0.15, 0.2) is 0 Å². The van der Waals surface area contributed by atoms with E-state index in [0.29, 0.717) is 11.3 Å².